The lowest BCUT2D eigenvalue weighted by Crippen LogP contribution is -2.07. The van der Waals surface area contributed by atoms with Gasteiger partial charge in [-0.2, -0.15) is 0 Å². The molecule has 0 atom stereocenters. The predicted molar refractivity (Wildman–Crippen MR) is 82.7 cm³/mol. The number of nitrogens with two attached hydrogens (primary N) is 1. The van der Waals surface area contributed by atoms with E-state index in [1.165, 1.54) is 0 Å². The van der Waals surface area contributed by atoms with Crippen LogP contribution in [0.25, 0.3) is 0 Å². The van der Waals surface area contributed by atoms with Crippen molar-refractivity contribution in [2.75, 3.05) is 12.3 Å². The van der Waals surface area contributed by atoms with Gasteiger partial charge in [0.25, 0.3) is 0 Å². The molecule has 0 aliphatic carbocycles. The first-order valence-electron chi connectivity index (χ1n) is 6.98. The lowest BCUT2D eigenvalue weighted by molar-refractivity contribution is 0.0523. The molecule has 4 heteroatoms. The van der Waals surface area contributed by atoms with E-state index in [1.807, 2.05) is 24.3 Å². The van der Waals surface area contributed by atoms with E-state index in [0.29, 0.717) is 23.6 Å². The zero-order valence-electron chi connectivity index (χ0n) is 12.3. The van der Waals surface area contributed by atoms with Crippen molar-refractivity contribution >= 4 is 11.7 Å². The average Bonchev–Trinajstić information content (AvgIpc) is 2.49. The average molecular weight is 285 g/mol. The molecule has 0 bridgehead atoms. The van der Waals surface area contributed by atoms with E-state index >= 15 is 0 Å². The number of carbonyl (C=O) groups is 1. The molecular formula is C17H19NO3. The third-order valence-electron chi connectivity index (χ3n) is 3.07. The zero-order valence-corrected chi connectivity index (χ0v) is 12.3. The van der Waals surface area contributed by atoms with Crippen LogP contribution in [0.1, 0.15) is 29.8 Å². The molecule has 0 saturated heterocycles. The standard InChI is InChI=1S/C17H19NO3/c1-3-12-7-5-6-8-15(12)21-16-10-9-13(18)11-14(16)17(19)20-4-2/h5-11H,3-4,18H2,1-2H3. The Morgan fingerprint density at radius 1 is 1.10 bits per heavy atom. The van der Waals surface area contributed by atoms with Crippen molar-refractivity contribution in [1.29, 1.82) is 0 Å². The Labute approximate surface area is 124 Å². The van der Waals surface area contributed by atoms with Crippen molar-refractivity contribution in [3.8, 4) is 11.5 Å². The highest BCUT2D eigenvalue weighted by molar-refractivity contribution is 5.93. The van der Waals surface area contributed by atoms with Crippen LogP contribution in [-0.2, 0) is 11.2 Å². The van der Waals surface area contributed by atoms with Gasteiger partial charge in [-0.3, -0.25) is 0 Å². The summed E-state index contributed by atoms with van der Waals surface area (Å²) in [5, 5.41) is 0. The maximum atomic E-state index is 12.0. The van der Waals surface area contributed by atoms with Crippen molar-refractivity contribution in [3.05, 3.63) is 53.6 Å². The molecule has 0 unspecified atom stereocenters. The van der Waals surface area contributed by atoms with Gasteiger partial charge in [0.15, 0.2) is 0 Å². The number of ether oxygens (including phenoxy) is 2. The van der Waals surface area contributed by atoms with Crippen LogP contribution in [-0.4, -0.2) is 12.6 Å². The number of hydrogen-bond donors (Lipinski definition) is 1. The van der Waals surface area contributed by atoms with E-state index in [2.05, 4.69) is 6.92 Å². The number of para-hydroxylation sites is 1. The van der Waals surface area contributed by atoms with Crippen molar-refractivity contribution < 1.29 is 14.3 Å². The summed E-state index contributed by atoms with van der Waals surface area (Å²) >= 11 is 0. The summed E-state index contributed by atoms with van der Waals surface area (Å²) in [6.07, 6.45) is 0.847. The lowest BCUT2D eigenvalue weighted by atomic mass is 10.1. The van der Waals surface area contributed by atoms with Gasteiger partial charge in [0.05, 0.1) is 6.61 Å². The number of aryl methyl sites for hydroxylation is 1. The van der Waals surface area contributed by atoms with E-state index in [9.17, 15) is 4.79 Å². The SMILES string of the molecule is CCOC(=O)c1cc(N)ccc1Oc1ccccc1CC. The van der Waals surface area contributed by atoms with Crippen LogP contribution in [0.2, 0.25) is 0 Å². The van der Waals surface area contributed by atoms with Crippen LogP contribution < -0.4 is 10.5 Å². The molecule has 0 aliphatic heterocycles. The maximum Gasteiger partial charge on any atom is 0.342 e. The summed E-state index contributed by atoms with van der Waals surface area (Å²) < 4.78 is 10.9. The topological polar surface area (TPSA) is 61.5 Å². The molecule has 0 radical (unpaired) electrons. The van der Waals surface area contributed by atoms with Crippen LogP contribution in [0.5, 0.6) is 11.5 Å². The molecule has 0 heterocycles. The van der Waals surface area contributed by atoms with Crippen molar-refractivity contribution in [2.45, 2.75) is 20.3 Å². The van der Waals surface area contributed by atoms with Gasteiger partial charge in [-0.25, -0.2) is 4.79 Å². The van der Waals surface area contributed by atoms with Gasteiger partial charge in [0.2, 0.25) is 0 Å². The van der Waals surface area contributed by atoms with Crippen LogP contribution in [0.15, 0.2) is 42.5 Å². The fourth-order valence-corrected chi connectivity index (χ4v) is 2.02. The highest BCUT2D eigenvalue weighted by Crippen LogP contribution is 2.30. The Bertz CT molecular complexity index is 638. The zero-order chi connectivity index (χ0) is 15.2. The Kier molecular flexibility index (Phi) is 4.82. The highest BCUT2D eigenvalue weighted by atomic mass is 16.5. The first-order chi connectivity index (χ1) is 10.2. The van der Waals surface area contributed by atoms with E-state index in [1.54, 1.807) is 25.1 Å². The quantitative estimate of drug-likeness (QED) is 0.670. The molecule has 0 aromatic heterocycles. The molecule has 110 valence electrons. The second-order valence-electron chi connectivity index (χ2n) is 4.54. The molecule has 2 rings (SSSR count). The summed E-state index contributed by atoms with van der Waals surface area (Å²) in [5.41, 5.74) is 7.65. The van der Waals surface area contributed by atoms with Gasteiger partial charge < -0.3 is 15.2 Å². The molecule has 4 nitrogen and oxygen atoms in total. The van der Waals surface area contributed by atoms with Gasteiger partial charge in [-0.15, -0.1) is 0 Å². The number of benzene rings is 2. The Morgan fingerprint density at radius 3 is 2.57 bits per heavy atom. The number of esters is 1. The molecule has 0 fully saturated rings. The summed E-state index contributed by atoms with van der Waals surface area (Å²) in [6.45, 7) is 4.12. The summed E-state index contributed by atoms with van der Waals surface area (Å²) in [7, 11) is 0. The number of nitrogen functional groups attached to an aromatic ring is 1. The largest absolute Gasteiger partial charge is 0.462 e. The molecule has 2 N–H and O–H groups in total. The minimum Gasteiger partial charge on any atom is -0.462 e. The van der Waals surface area contributed by atoms with Gasteiger partial charge in [0.1, 0.15) is 17.1 Å². The first-order valence-corrected chi connectivity index (χ1v) is 6.98. The fourth-order valence-electron chi connectivity index (χ4n) is 2.02. The third kappa shape index (κ3) is 3.54. The predicted octanol–water partition coefficient (Wildman–Crippen LogP) is 3.80. The maximum absolute atomic E-state index is 12.0. The number of hydrogen-bond acceptors (Lipinski definition) is 4. The number of anilines is 1. The van der Waals surface area contributed by atoms with E-state index in [4.69, 9.17) is 15.2 Å². The second-order valence-corrected chi connectivity index (χ2v) is 4.54. The van der Waals surface area contributed by atoms with Gasteiger partial charge >= 0.3 is 5.97 Å². The van der Waals surface area contributed by atoms with E-state index < -0.39 is 5.97 Å². The molecule has 2 aromatic rings. The van der Waals surface area contributed by atoms with Crippen LogP contribution in [0.3, 0.4) is 0 Å². The molecule has 0 spiro atoms. The Morgan fingerprint density at radius 2 is 1.86 bits per heavy atom. The van der Waals surface area contributed by atoms with E-state index in [0.717, 1.165) is 17.7 Å². The number of carbonyl (C=O) groups excluding carboxylic acids is 1. The summed E-state index contributed by atoms with van der Waals surface area (Å²) in [4.78, 5) is 12.0. The van der Waals surface area contributed by atoms with Crippen molar-refractivity contribution in [2.24, 2.45) is 0 Å². The summed E-state index contributed by atoms with van der Waals surface area (Å²) in [6, 6.07) is 12.7. The fraction of sp³-hybridized carbons (Fsp3) is 0.235. The van der Waals surface area contributed by atoms with Crippen molar-refractivity contribution in [1.82, 2.24) is 0 Å². The molecule has 2 aromatic carbocycles. The summed E-state index contributed by atoms with van der Waals surface area (Å²) in [5.74, 6) is 0.743. The normalized spacial score (nSPS) is 10.2. The van der Waals surface area contributed by atoms with Crippen LogP contribution in [0.4, 0.5) is 5.69 Å². The second kappa shape index (κ2) is 6.79. The molecule has 0 saturated carbocycles. The first kappa shape index (κ1) is 14.9. The van der Waals surface area contributed by atoms with Crippen LogP contribution >= 0.6 is 0 Å². The smallest absolute Gasteiger partial charge is 0.342 e. The van der Waals surface area contributed by atoms with E-state index in [-0.39, 0.29) is 0 Å². The van der Waals surface area contributed by atoms with Gasteiger partial charge in [-0.1, -0.05) is 25.1 Å². The minimum atomic E-state index is -0.436. The van der Waals surface area contributed by atoms with Crippen LogP contribution in [0, 0.1) is 0 Å². The lowest BCUT2D eigenvalue weighted by Gasteiger charge is -2.13. The molecule has 0 amide bonds. The Hall–Kier alpha value is -2.49. The van der Waals surface area contributed by atoms with Gasteiger partial charge in [0, 0.05) is 5.69 Å². The molecular weight excluding hydrogens is 266 g/mol. The Balaban J connectivity index is 2.37. The molecule has 0 aliphatic rings. The van der Waals surface area contributed by atoms with Gasteiger partial charge in [-0.05, 0) is 43.2 Å². The third-order valence-corrected chi connectivity index (χ3v) is 3.07. The minimum absolute atomic E-state index is 0.304. The number of rotatable bonds is 5. The highest BCUT2D eigenvalue weighted by Gasteiger charge is 2.15. The van der Waals surface area contributed by atoms with Crippen molar-refractivity contribution in [3.63, 3.8) is 0 Å². The monoisotopic (exact) mass is 285 g/mol. The molecule has 21 heavy (non-hydrogen) atoms.